The van der Waals surface area contributed by atoms with Gasteiger partial charge in [-0.05, 0) is 60.3 Å². The third-order valence-corrected chi connectivity index (χ3v) is 6.83. The molecule has 0 aliphatic carbocycles. The van der Waals surface area contributed by atoms with Gasteiger partial charge in [0.05, 0.1) is 0 Å². The lowest BCUT2D eigenvalue weighted by atomic mass is 9.80. The van der Waals surface area contributed by atoms with Crippen molar-refractivity contribution in [3.05, 3.63) is 54.5 Å². The Bertz CT molecular complexity index is 1010. The first-order valence-corrected chi connectivity index (χ1v) is 10.3. The lowest BCUT2D eigenvalue weighted by Gasteiger charge is -2.46. The van der Waals surface area contributed by atoms with E-state index in [1.807, 2.05) is 12.4 Å². The summed E-state index contributed by atoms with van der Waals surface area (Å²) in [6.07, 6.45) is 13.5. The molecule has 138 valence electrons. The van der Waals surface area contributed by atoms with Gasteiger partial charge in [0.25, 0.3) is 0 Å². The molecule has 0 N–H and O–H groups in total. The van der Waals surface area contributed by atoms with Gasteiger partial charge in [-0.25, -0.2) is 4.98 Å². The second-order valence-electron chi connectivity index (χ2n) is 8.53. The van der Waals surface area contributed by atoms with Crippen LogP contribution in [-0.4, -0.2) is 39.0 Å². The van der Waals surface area contributed by atoms with Crippen molar-refractivity contribution in [1.29, 1.82) is 0 Å². The van der Waals surface area contributed by atoms with Gasteiger partial charge in [0, 0.05) is 50.4 Å². The summed E-state index contributed by atoms with van der Waals surface area (Å²) < 4.78 is 8.67. The minimum absolute atomic E-state index is 0.0355. The average molecular weight is 359 g/mol. The fourth-order valence-electron chi connectivity index (χ4n) is 5.42. The highest BCUT2D eigenvalue weighted by Gasteiger charge is 2.46. The molecule has 4 nitrogen and oxygen atoms in total. The smallest absolute Gasteiger partial charge is 0.136 e. The van der Waals surface area contributed by atoms with E-state index in [1.54, 1.807) is 0 Å². The van der Waals surface area contributed by atoms with E-state index in [4.69, 9.17) is 4.74 Å². The molecule has 2 atom stereocenters. The number of ether oxygens (including phenoxy) is 1. The summed E-state index contributed by atoms with van der Waals surface area (Å²) in [5.41, 5.74) is 4.89. The number of rotatable bonds is 1. The minimum atomic E-state index is 0.0355. The lowest BCUT2D eigenvalue weighted by Crippen LogP contribution is -2.54. The van der Waals surface area contributed by atoms with Gasteiger partial charge in [0.15, 0.2) is 0 Å². The molecular weight excluding hydrogens is 334 g/mol. The number of fused-ring (bicyclic) bond motifs is 3. The molecule has 0 radical (unpaired) electrons. The number of hydrogen-bond acceptors (Lipinski definition) is 3. The minimum Gasteiger partial charge on any atom is -0.487 e. The molecule has 4 heteroatoms. The summed E-state index contributed by atoms with van der Waals surface area (Å²) in [4.78, 5) is 7.04. The highest BCUT2D eigenvalue weighted by Crippen LogP contribution is 2.45. The van der Waals surface area contributed by atoms with E-state index in [-0.39, 0.29) is 5.60 Å². The molecule has 3 aliphatic heterocycles. The lowest BCUT2D eigenvalue weighted by molar-refractivity contribution is -0.0249. The molecule has 2 aromatic heterocycles. The predicted octanol–water partition coefficient (Wildman–Crippen LogP) is 4.32. The van der Waals surface area contributed by atoms with Crippen LogP contribution in [-0.2, 0) is 6.42 Å². The van der Waals surface area contributed by atoms with E-state index in [2.05, 4.69) is 50.8 Å². The summed E-state index contributed by atoms with van der Waals surface area (Å²) >= 11 is 0. The molecule has 6 rings (SSSR count). The number of pyridine rings is 1. The SMILES string of the molecule is c1cn2cc(-c3ccc4c(c3)C[C@@]3(CCN5CCCCC5C3)O4)ccc2n1. The number of aromatic nitrogens is 2. The monoisotopic (exact) mass is 359 g/mol. The summed E-state index contributed by atoms with van der Waals surface area (Å²) in [5, 5.41) is 0. The summed E-state index contributed by atoms with van der Waals surface area (Å²) in [5.74, 6) is 1.10. The Morgan fingerprint density at radius 2 is 2.04 bits per heavy atom. The van der Waals surface area contributed by atoms with Crippen LogP contribution in [0.5, 0.6) is 5.75 Å². The molecule has 3 aliphatic rings. The predicted molar refractivity (Wildman–Crippen MR) is 106 cm³/mol. The first-order valence-electron chi connectivity index (χ1n) is 10.3. The van der Waals surface area contributed by atoms with Crippen molar-refractivity contribution in [2.24, 2.45) is 0 Å². The summed E-state index contributed by atoms with van der Waals surface area (Å²) in [6.45, 7) is 2.48. The quantitative estimate of drug-likeness (QED) is 0.648. The normalized spacial score (nSPS) is 27.5. The average Bonchev–Trinajstić information content (AvgIpc) is 3.30. The van der Waals surface area contributed by atoms with Crippen LogP contribution in [0.15, 0.2) is 48.9 Å². The van der Waals surface area contributed by atoms with Crippen LogP contribution in [0.3, 0.4) is 0 Å². The number of piperidine rings is 2. The molecule has 0 amide bonds. The largest absolute Gasteiger partial charge is 0.487 e. The zero-order valence-electron chi connectivity index (χ0n) is 15.6. The molecule has 2 fully saturated rings. The fraction of sp³-hybridized carbons (Fsp3) is 0.435. The molecule has 0 saturated carbocycles. The summed E-state index contributed by atoms with van der Waals surface area (Å²) in [7, 11) is 0. The van der Waals surface area contributed by atoms with E-state index in [9.17, 15) is 0 Å². The van der Waals surface area contributed by atoms with Crippen LogP contribution in [0.2, 0.25) is 0 Å². The maximum absolute atomic E-state index is 6.59. The van der Waals surface area contributed by atoms with Gasteiger partial charge in [-0.15, -0.1) is 0 Å². The van der Waals surface area contributed by atoms with Crippen molar-refractivity contribution < 1.29 is 4.74 Å². The van der Waals surface area contributed by atoms with E-state index in [1.165, 1.54) is 55.5 Å². The van der Waals surface area contributed by atoms with Crippen molar-refractivity contribution >= 4 is 5.65 Å². The molecule has 5 heterocycles. The van der Waals surface area contributed by atoms with Crippen molar-refractivity contribution in [3.8, 4) is 16.9 Å². The van der Waals surface area contributed by atoms with Crippen LogP contribution in [0.4, 0.5) is 0 Å². The maximum Gasteiger partial charge on any atom is 0.136 e. The van der Waals surface area contributed by atoms with Crippen molar-refractivity contribution in [2.75, 3.05) is 13.1 Å². The van der Waals surface area contributed by atoms with Crippen molar-refractivity contribution in [1.82, 2.24) is 14.3 Å². The van der Waals surface area contributed by atoms with Gasteiger partial charge < -0.3 is 14.0 Å². The zero-order chi connectivity index (χ0) is 17.8. The van der Waals surface area contributed by atoms with Gasteiger partial charge in [0.1, 0.15) is 17.0 Å². The van der Waals surface area contributed by atoms with Crippen LogP contribution >= 0.6 is 0 Å². The molecule has 3 aromatic rings. The third-order valence-electron chi connectivity index (χ3n) is 6.83. The van der Waals surface area contributed by atoms with Crippen LogP contribution < -0.4 is 4.74 Å². The maximum atomic E-state index is 6.59. The zero-order valence-corrected chi connectivity index (χ0v) is 15.6. The first kappa shape index (κ1) is 15.7. The molecule has 27 heavy (non-hydrogen) atoms. The highest BCUT2D eigenvalue weighted by atomic mass is 16.5. The topological polar surface area (TPSA) is 29.8 Å². The number of hydrogen-bond donors (Lipinski definition) is 0. The van der Waals surface area contributed by atoms with E-state index in [0.29, 0.717) is 0 Å². The number of nitrogens with zero attached hydrogens (tertiary/aromatic N) is 3. The number of imidazole rings is 1. The Morgan fingerprint density at radius 1 is 1.07 bits per heavy atom. The van der Waals surface area contributed by atoms with Gasteiger partial charge in [-0.2, -0.15) is 0 Å². The van der Waals surface area contributed by atoms with Gasteiger partial charge >= 0.3 is 0 Å². The van der Waals surface area contributed by atoms with Crippen LogP contribution in [0, 0.1) is 0 Å². The van der Waals surface area contributed by atoms with Crippen molar-refractivity contribution in [2.45, 2.75) is 50.2 Å². The Labute approximate surface area is 159 Å². The van der Waals surface area contributed by atoms with Gasteiger partial charge in [0.2, 0.25) is 0 Å². The van der Waals surface area contributed by atoms with E-state index < -0.39 is 0 Å². The molecule has 0 bridgehead atoms. The molecule has 1 unspecified atom stereocenters. The standard InChI is InChI=1S/C23H25N3O/c1-2-10-25-11-8-23(15-20(25)3-1)14-19-13-17(4-6-21(19)27-23)18-5-7-22-24-9-12-26(22)16-18/h4-7,9,12-13,16,20H,1-3,8,10-11,14-15H2/t20?,23-/m1/s1. The van der Waals surface area contributed by atoms with Gasteiger partial charge in [-0.3, -0.25) is 0 Å². The first-order chi connectivity index (χ1) is 13.3. The Kier molecular flexibility index (Phi) is 3.39. The fourth-order valence-corrected chi connectivity index (χ4v) is 5.42. The Hall–Kier alpha value is -2.33. The van der Waals surface area contributed by atoms with E-state index in [0.717, 1.165) is 30.3 Å². The summed E-state index contributed by atoms with van der Waals surface area (Å²) in [6, 6.07) is 11.7. The molecular formula is C23H25N3O. The van der Waals surface area contributed by atoms with Gasteiger partial charge in [-0.1, -0.05) is 12.5 Å². The molecule has 1 aromatic carbocycles. The Morgan fingerprint density at radius 3 is 3.04 bits per heavy atom. The highest BCUT2D eigenvalue weighted by molar-refractivity contribution is 5.67. The van der Waals surface area contributed by atoms with Crippen LogP contribution in [0.25, 0.3) is 16.8 Å². The Balaban J connectivity index is 1.29. The third kappa shape index (κ3) is 2.58. The second-order valence-corrected chi connectivity index (χ2v) is 8.53. The van der Waals surface area contributed by atoms with Crippen LogP contribution in [0.1, 0.15) is 37.7 Å². The van der Waals surface area contributed by atoms with E-state index >= 15 is 0 Å². The number of benzene rings is 1. The molecule has 1 spiro atoms. The van der Waals surface area contributed by atoms with Crippen molar-refractivity contribution in [3.63, 3.8) is 0 Å². The molecule has 2 saturated heterocycles. The second kappa shape index (κ2) is 5.83.